The lowest BCUT2D eigenvalue weighted by Crippen LogP contribution is -2.30. The highest BCUT2D eigenvalue weighted by Crippen LogP contribution is 2.46. The number of nitrogens with one attached hydrogen (secondary N) is 2. The van der Waals surface area contributed by atoms with Gasteiger partial charge in [0.1, 0.15) is 23.9 Å². The summed E-state index contributed by atoms with van der Waals surface area (Å²) < 4.78 is 10.8. The summed E-state index contributed by atoms with van der Waals surface area (Å²) in [5, 5.41) is 24.2. The molecule has 254 valence electrons. The number of carbonyl (C=O) groups is 2. The first-order valence-electron chi connectivity index (χ1n) is 16.3. The van der Waals surface area contributed by atoms with Gasteiger partial charge in [-0.3, -0.25) is 9.59 Å². The van der Waals surface area contributed by atoms with E-state index in [1.54, 1.807) is 59.5 Å². The molecule has 4 N–H and O–H groups in total. The molecular formula is C39H35ClN4O6. The molecule has 0 bridgehead atoms. The van der Waals surface area contributed by atoms with E-state index in [1.807, 2.05) is 43.3 Å². The van der Waals surface area contributed by atoms with Crippen LogP contribution in [0.1, 0.15) is 37.8 Å². The van der Waals surface area contributed by atoms with Gasteiger partial charge in [-0.25, -0.2) is 4.98 Å². The van der Waals surface area contributed by atoms with E-state index >= 15 is 0 Å². The van der Waals surface area contributed by atoms with Gasteiger partial charge in [0.15, 0.2) is 0 Å². The number of nitrogens with zero attached hydrogens (tertiary/aromatic N) is 2. The highest BCUT2D eigenvalue weighted by molar-refractivity contribution is 6.19. The fourth-order valence-corrected chi connectivity index (χ4v) is 6.70. The van der Waals surface area contributed by atoms with E-state index in [4.69, 9.17) is 31.2 Å². The van der Waals surface area contributed by atoms with Crippen LogP contribution in [0.4, 0.5) is 11.4 Å². The van der Waals surface area contributed by atoms with Crippen LogP contribution in [0.25, 0.3) is 33.2 Å². The topological polar surface area (TPSA) is 137 Å². The number of aromatic nitrogens is 2. The monoisotopic (exact) mass is 690 g/mol. The number of imidazole rings is 1. The van der Waals surface area contributed by atoms with Crippen LogP contribution in [0.15, 0.2) is 91.0 Å². The number of aryl methyl sites for hydroxylation is 1. The molecule has 1 aromatic heterocycles. The third-order valence-corrected chi connectivity index (χ3v) is 9.27. The number of aliphatic hydroxyl groups is 1. The van der Waals surface area contributed by atoms with Gasteiger partial charge < -0.3 is 34.9 Å². The van der Waals surface area contributed by atoms with Crippen molar-refractivity contribution >= 4 is 56.6 Å². The van der Waals surface area contributed by atoms with E-state index in [0.29, 0.717) is 65.2 Å². The van der Waals surface area contributed by atoms with Crippen molar-refractivity contribution in [3.05, 3.63) is 113 Å². The lowest BCUT2D eigenvalue weighted by molar-refractivity contribution is 0.0705. The predicted molar refractivity (Wildman–Crippen MR) is 195 cm³/mol. The number of hydrogen-bond acceptors (Lipinski definition) is 7. The van der Waals surface area contributed by atoms with Gasteiger partial charge in [0.2, 0.25) is 0 Å². The van der Waals surface area contributed by atoms with Crippen LogP contribution in [0.5, 0.6) is 11.5 Å². The van der Waals surface area contributed by atoms with Crippen molar-refractivity contribution in [2.45, 2.75) is 12.8 Å². The number of H-pyrrole nitrogens is 1. The SMILES string of the molecule is Cc1cccc2c(O)cc3c(c12)[C@H](CCl)CN3C(=O)c1ccc2[nH]c(-c3ccc(NC(=O)c4ccc(OCCOCCO)cc4)cc3)nc2c1. The molecule has 0 aliphatic carbocycles. The summed E-state index contributed by atoms with van der Waals surface area (Å²) in [6.45, 7) is 3.36. The lowest BCUT2D eigenvalue weighted by Gasteiger charge is -2.19. The van der Waals surface area contributed by atoms with Crippen LogP contribution >= 0.6 is 11.6 Å². The van der Waals surface area contributed by atoms with Gasteiger partial charge in [0, 0.05) is 52.2 Å². The number of alkyl halides is 1. The molecule has 1 aliphatic heterocycles. The van der Waals surface area contributed by atoms with Gasteiger partial charge in [0.05, 0.1) is 36.5 Å². The number of hydrogen-bond donors (Lipinski definition) is 4. The normalized spacial score (nSPS) is 13.9. The fraction of sp³-hybridized carbons (Fsp3) is 0.205. The van der Waals surface area contributed by atoms with Crippen molar-refractivity contribution in [2.24, 2.45) is 0 Å². The van der Waals surface area contributed by atoms with Crippen molar-refractivity contribution in [3.8, 4) is 22.9 Å². The van der Waals surface area contributed by atoms with Gasteiger partial charge in [-0.1, -0.05) is 18.2 Å². The minimum absolute atomic E-state index is 0.0327. The first kappa shape index (κ1) is 33.1. The molecule has 0 fully saturated rings. The number of fused-ring (bicyclic) bond motifs is 4. The van der Waals surface area contributed by atoms with Crippen LogP contribution in [-0.4, -0.2) is 70.8 Å². The number of rotatable bonds is 11. The zero-order valence-electron chi connectivity index (χ0n) is 27.3. The van der Waals surface area contributed by atoms with Crippen LogP contribution < -0.4 is 15.0 Å². The molecule has 10 nitrogen and oxygen atoms in total. The van der Waals surface area contributed by atoms with Gasteiger partial charge >= 0.3 is 0 Å². The average Bonchev–Trinajstić information content (AvgIpc) is 3.73. The Morgan fingerprint density at radius 3 is 2.52 bits per heavy atom. The summed E-state index contributed by atoms with van der Waals surface area (Å²) in [5.41, 5.74) is 6.50. The number of ether oxygens (including phenoxy) is 2. The Morgan fingerprint density at radius 1 is 0.980 bits per heavy atom. The smallest absolute Gasteiger partial charge is 0.258 e. The number of aliphatic hydroxyl groups excluding tert-OH is 1. The lowest BCUT2D eigenvalue weighted by atomic mass is 9.92. The molecule has 5 aromatic carbocycles. The van der Waals surface area contributed by atoms with Crippen molar-refractivity contribution in [1.29, 1.82) is 0 Å². The predicted octanol–water partition coefficient (Wildman–Crippen LogP) is 7.02. The molecule has 6 aromatic rings. The Labute approximate surface area is 293 Å². The Bertz CT molecular complexity index is 2200. The number of anilines is 2. The Morgan fingerprint density at radius 2 is 1.76 bits per heavy atom. The standard InChI is InChI=1S/C39H35ClN4O6/c1-23-3-2-4-30-34(46)20-33-36(35(23)30)27(21-40)22-44(33)39(48)26-9-14-31-32(19-26)43-37(42-31)24-5-10-28(11-6-24)41-38(47)25-7-12-29(13-8-25)50-18-17-49-16-15-45/h2-14,19-20,27,45-46H,15-18,21-22H2,1H3,(H,41,47)(H,42,43)/t27-/m1/s1. The molecule has 0 spiro atoms. The maximum Gasteiger partial charge on any atom is 0.258 e. The van der Waals surface area contributed by atoms with E-state index in [-0.39, 0.29) is 36.7 Å². The minimum Gasteiger partial charge on any atom is -0.507 e. The Kier molecular flexibility index (Phi) is 9.40. The number of carbonyl (C=O) groups excluding carboxylic acids is 2. The first-order valence-corrected chi connectivity index (χ1v) is 16.8. The van der Waals surface area contributed by atoms with Crippen molar-refractivity contribution < 1.29 is 29.3 Å². The van der Waals surface area contributed by atoms with Gasteiger partial charge in [0.25, 0.3) is 11.8 Å². The van der Waals surface area contributed by atoms with E-state index < -0.39 is 0 Å². The minimum atomic E-state index is -0.256. The molecule has 1 aliphatic rings. The maximum absolute atomic E-state index is 14.0. The Balaban J connectivity index is 1.04. The largest absolute Gasteiger partial charge is 0.507 e. The van der Waals surface area contributed by atoms with E-state index in [2.05, 4.69) is 10.3 Å². The van der Waals surface area contributed by atoms with Crippen LogP contribution in [0.3, 0.4) is 0 Å². The van der Waals surface area contributed by atoms with Crippen LogP contribution in [0.2, 0.25) is 0 Å². The molecule has 7 rings (SSSR count). The van der Waals surface area contributed by atoms with Crippen LogP contribution in [-0.2, 0) is 4.74 Å². The number of benzene rings is 5. The molecule has 0 saturated heterocycles. The summed E-state index contributed by atoms with van der Waals surface area (Å²) in [5.74, 6) is 1.21. The van der Waals surface area contributed by atoms with E-state index in [9.17, 15) is 14.7 Å². The average molecular weight is 691 g/mol. The number of aromatic amines is 1. The summed E-state index contributed by atoms with van der Waals surface area (Å²) in [6, 6.07) is 27.0. The highest BCUT2D eigenvalue weighted by Gasteiger charge is 2.35. The van der Waals surface area contributed by atoms with Gasteiger partial charge in [-0.15, -0.1) is 11.6 Å². The van der Waals surface area contributed by atoms with Crippen molar-refractivity contribution in [2.75, 3.05) is 49.1 Å². The second-order valence-electron chi connectivity index (χ2n) is 12.2. The molecule has 50 heavy (non-hydrogen) atoms. The molecular weight excluding hydrogens is 656 g/mol. The molecule has 0 radical (unpaired) electrons. The number of phenols is 1. The molecule has 2 heterocycles. The summed E-state index contributed by atoms with van der Waals surface area (Å²) in [7, 11) is 0. The third kappa shape index (κ3) is 6.48. The van der Waals surface area contributed by atoms with Crippen molar-refractivity contribution in [3.63, 3.8) is 0 Å². The molecule has 2 amide bonds. The Hall–Kier alpha value is -5.42. The summed E-state index contributed by atoms with van der Waals surface area (Å²) in [4.78, 5) is 36.6. The van der Waals surface area contributed by atoms with E-state index in [1.165, 1.54) is 0 Å². The molecule has 0 unspecified atom stereocenters. The third-order valence-electron chi connectivity index (χ3n) is 8.90. The number of phenolic OH excluding ortho intramolecular Hbond substituents is 1. The highest BCUT2D eigenvalue weighted by atomic mass is 35.5. The first-order chi connectivity index (χ1) is 24.3. The zero-order chi connectivity index (χ0) is 34.8. The van der Waals surface area contributed by atoms with Crippen molar-refractivity contribution in [1.82, 2.24) is 9.97 Å². The molecule has 0 saturated carbocycles. The second-order valence-corrected chi connectivity index (χ2v) is 12.5. The summed E-state index contributed by atoms with van der Waals surface area (Å²) in [6.07, 6.45) is 0. The van der Waals surface area contributed by atoms with Crippen LogP contribution in [0, 0.1) is 6.92 Å². The van der Waals surface area contributed by atoms with E-state index in [0.717, 1.165) is 33.0 Å². The number of amides is 2. The quantitative estimate of drug-likeness (QED) is 0.0847. The van der Waals surface area contributed by atoms with Gasteiger partial charge in [-0.2, -0.15) is 0 Å². The zero-order valence-corrected chi connectivity index (χ0v) is 28.0. The second kappa shape index (κ2) is 14.2. The summed E-state index contributed by atoms with van der Waals surface area (Å²) >= 11 is 6.43. The number of aromatic hydroxyl groups is 1. The molecule has 1 atom stereocenters. The fourth-order valence-electron chi connectivity index (χ4n) is 6.45. The maximum atomic E-state index is 14.0. The molecule has 11 heteroatoms. The van der Waals surface area contributed by atoms with Gasteiger partial charge in [-0.05, 0) is 90.2 Å². The number of halogens is 1.